The predicted molar refractivity (Wildman–Crippen MR) is 65.3 cm³/mol. The number of aryl methyl sites for hydroxylation is 1. The summed E-state index contributed by atoms with van der Waals surface area (Å²) in [6, 6.07) is 7.73. The molecule has 0 saturated carbocycles. The fraction of sp³-hybridized carbons (Fsp3) is 0.250. The molecule has 0 spiro atoms. The molecule has 90 valence electrons. The maximum atomic E-state index is 11.0. The lowest BCUT2D eigenvalue weighted by atomic mass is 10.1. The zero-order valence-electron chi connectivity index (χ0n) is 9.86. The Labute approximate surface area is 99.7 Å². The molecule has 1 aromatic rings. The van der Waals surface area contributed by atoms with Gasteiger partial charge >= 0.3 is 11.8 Å². The number of hydrogen-bond acceptors (Lipinski definition) is 3. The lowest BCUT2D eigenvalue weighted by Crippen LogP contribution is -2.33. The third kappa shape index (κ3) is 3.71. The molecule has 2 amide bonds. The standard InChI is InChI=1S/C12H15N3O2/c1-3-10(14-15-12(17)11(13)16)9-6-4-8(2)5-7-9/h4-7H,3H2,1-2H3,(H2,13,16)(H,15,17). The number of benzene rings is 1. The summed E-state index contributed by atoms with van der Waals surface area (Å²) in [6.07, 6.45) is 0.641. The zero-order valence-corrected chi connectivity index (χ0v) is 9.86. The van der Waals surface area contributed by atoms with Crippen LogP contribution in [-0.4, -0.2) is 17.5 Å². The molecule has 17 heavy (non-hydrogen) atoms. The molecule has 0 radical (unpaired) electrons. The molecule has 0 aliphatic rings. The van der Waals surface area contributed by atoms with Crippen LogP contribution in [0, 0.1) is 6.92 Å². The number of amides is 2. The van der Waals surface area contributed by atoms with E-state index < -0.39 is 11.8 Å². The van der Waals surface area contributed by atoms with Gasteiger partial charge in [-0.15, -0.1) is 0 Å². The van der Waals surface area contributed by atoms with Crippen molar-refractivity contribution in [3.63, 3.8) is 0 Å². The molecule has 5 nitrogen and oxygen atoms in total. The van der Waals surface area contributed by atoms with Gasteiger partial charge in [0.15, 0.2) is 0 Å². The van der Waals surface area contributed by atoms with Crippen molar-refractivity contribution in [1.82, 2.24) is 5.43 Å². The van der Waals surface area contributed by atoms with Crippen molar-refractivity contribution in [3.05, 3.63) is 35.4 Å². The topological polar surface area (TPSA) is 84.6 Å². The highest BCUT2D eigenvalue weighted by Gasteiger charge is 2.07. The van der Waals surface area contributed by atoms with Crippen molar-refractivity contribution >= 4 is 17.5 Å². The van der Waals surface area contributed by atoms with Gasteiger partial charge in [0.05, 0.1) is 5.71 Å². The van der Waals surface area contributed by atoms with Crippen LogP contribution in [0.15, 0.2) is 29.4 Å². The summed E-state index contributed by atoms with van der Waals surface area (Å²) in [6.45, 7) is 3.90. The van der Waals surface area contributed by atoms with Crippen molar-refractivity contribution < 1.29 is 9.59 Å². The van der Waals surface area contributed by atoms with E-state index in [0.29, 0.717) is 12.1 Å². The quantitative estimate of drug-likeness (QED) is 0.458. The second-order valence-electron chi connectivity index (χ2n) is 3.58. The Balaban J connectivity index is 2.84. The average molecular weight is 233 g/mol. The summed E-state index contributed by atoms with van der Waals surface area (Å²) in [5.41, 5.74) is 9.67. The van der Waals surface area contributed by atoms with E-state index in [1.807, 2.05) is 38.1 Å². The van der Waals surface area contributed by atoms with Crippen molar-refractivity contribution in [2.24, 2.45) is 10.8 Å². The Morgan fingerprint density at radius 2 is 1.88 bits per heavy atom. The van der Waals surface area contributed by atoms with Crippen LogP contribution in [0.2, 0.25) is 0 Å². The highest BCUT2D eigenvalue weighted by Crippen LogP contribution is 2.06. The van der Waals surface area contributed by atoms with E-state index in [2.05, 4.69) is 10.5 Å². The predicted octanol–water partition coefficient (Wildman–Crippen LogP) is 0.711. The van der Waals surface area contributed by atoms with E-state index in [9.17, 15) is 9.59 Å². The minimum Gasteiger partial charge on any atom is -0.361 e. The number of carbonyl (C=O) groups excluding carboxylic acids is 2. The molecular weight excluding hydrogens is 218 g/mol. The largest absolute Gasteiger partial charge is 0.361 e. The monoisotopic (exact) mass is 233 g/mol. The number of nitrogens with one attached hydrogen (secondary N) is 1. The van der Waals surface area contributed by atoms with Crippen LogP contribution in [0.1, 0.15) is 24.5 Å². The summed E-state index contributed by atoms with van der Waals surface area (Å²) >= 11 is 0. The highest BCUT2D eigenvalue weighted by molar-refractivity contribution is 6.34. The Kier molecular flexibility index (Phi) is 4.39. The Morgan fingerprint density at radius 3 is 2.35 bits per heavy atom. The number of rotatable bonds is 3. The molecule has 0 unspecified atom stereocenters. The maximum Gasteiger partial charge on any atom is 0.329 e. The first kappa shape index (κ1) is 12.9. The maximum absolute atomic E-state index is 11.0. The fourth-order valence-corrected chi connectivity index (χ4v) is 1.27. The molecule has 0 bridgehead atoms. The Bertz CT molecular complexity index is 449. The lowest BCUT2D eigenvalue weighted by molar-refractivity contribution is -0.137. The normalized spacial score (nSPS) is 11.1. The van der Waals surface area contributed by atoms with Gasteiger partial charge in [0.25, 0.3) is 0 Å². The molecule has 0 fully saturated rings. The molecule has 0 atom stereocenters. The molecule has 0 aliphatic heterocycles. The van der Waals surface area contributed by atoms with E-state index in [1.54, 1.807) is 0 Å². The number of nitrogens with two attached hydrogens (primary N) is 1. The Morgan fingerprint density at radius 1 is 1.29 bits per heavy atom. The van der Waals surface area contributed by atoms with Gasteiger partial charge in [-0.2, -0.15) is 5.10 Å². The van der Waals surface area contributed by atoms with E-state index >= 15 is 0 Å². The number of hydrogen-bond donors (Lipinski definition) is 2. The first-order valence-electron chi connectivity index (χ1n) is 5.28. The first-order chi connectivity index (χ1) is 8.04. The number of primary amides is 1. The molecule has 0 heterocycles. The van der Waals surface area contributed by atoms with Gasteiger partial charge in [-0.1, -0.05) is 36.8 Å². The number of carbonyl (C=O) groups is 2. The molecule has 5 heteroatoms. The SMILES string of the molecule is CCC(=NNC(=O)C(N)=O)c1ccc(C)cc1. The van der Waals surface area contributed by atoms with E-state index in [4.69, 9.17) is 5.73 Å². The minimum absolute atomic E-state index is 0.641. The second kappa shape index (κ2) is 5.79. The summed E-state index contributed by atoms with van der Waals surface area (Å²) < 4.78 is 0. The minimum atomic E-state index is -1.05. The van der Waals surface area contributed by atoms with Crippen LogP contribution in [0.25, 0.3) is 0 Å². The van der Waals surface area contributed by atoms with E-state index in [0.717, 1.165) is 11.1 Å². The Hall–Kier alpha value is -2.17. The van der Waals surface area contributed by atoms with Crippen molar-refractivity contribution in [1.29, 1.82) is 0 Å². The summed E-state index contributed by atoms with van der Waals surface area (Å²) in [4.78, 5) is 21.5. The molecule has 0 aromatic heterocycles. The molecule has 1 aromatic carbocycles. The van der Waals surface area contributed by atoms with Crippen LogP contribution < -0.4 is 11.2 Å². The smallest absolute Gasteiger partial charge is 0.329 e. The second-order valence-corrected chi connectivity index (χ2v) is 3.58. The van der Waals surface area contributed by atoms with Crippen molar-refractivity contribution in [2.45, 2.75) is 20.3 Å². The summed E-state index contributed by atoms with van der Waals surface area (Å²) in [5, 5.41) is 3.88. The van der Waals surface area contributed by atoms with Crippen LogP contribution in [0.3, 0.4) is 0 Å². The lowest BCUT2D eigenvalue weighted by Gasteiger charge is -2.04. The van der Waals surface area contributed by atoms with Gasteiger partial charge in [-0.3, -0.25) is 9.59 Å². The third-order valence-electron chi connectivity index (χ3n) is 2.24. The van der Waals surface area contributed by atoms with Gasteiger partial charge in [0.2, 0.25) is 0 Å². The van der Waals surface area contributed by atoms with Crippen molar-refractivity contribution in [3.8, 4) is 0 Å². The molecular formula is C12H15N3O2. The van der Waals surface area contributed by atoms with E-state index in [1.165, 1.54) is 0 Å². The summed E-state index contributed by atoms with van der Waals surface area (Å²) in [7, 11) is 0. The third-order valence-corrected chi connectivity index (χ3v) is 2.24. The van der Waals surface area contributed by atoms with Gasteiger partial charge in [-0.25, -0.2) is 5.43 Å². The fourth-order valence-electron chi connectivity index (χ4n) is 1.27. The van der Waals surface area contributed by atoms with Gasteiger partial charge < -0.3 is 5.73 Å². The molecule has 0 aliphatic carbocycles. The number of nitrogens with zero attached hydrogens (tertiary/aromatic N) is 1. The molecule has 3 N–H and O–H groups in total. The van der Waals surface area contributed by atoms with Crippen LogP contribution >= 0.6 is 0 Å². The van der Waals surface area contributed by atoms with Gasteiger partial charge in [0.1, 0.15) is 0 Å². The van der Waals surface area contributed by atoms with Crippen LogP contribution in [0.4, 0.5) is 0 Å². The summed E-state index contributed by atoms with van der Waals surface area (Å²) in [5.74, 6) is -1.96. The van der Waals surface area contributed by atoms with Gasteiger partial charge in [-0.05, 0) is 18.9 Å². The first-order valence-corrected chi connectivity index (χ1v) is 5.28. The van der Waals surface area contributed by atoms with Crippen LogP contribution in [0.5, 0.6) is 0 Å². The average Bonchev–Trinajstić information content (AvgIpc) is 2.31. The highest BCUT2D eigenvalue weighted by atomic mass is 16.2. The zero-order chi connectivity index (χ0) is 12.8. The number of hydrazone groups is 1. The van der Waals surface area contributed by atoms with Crippen molar-refractivity contribution in [2.75, 3.05) is 0 Å². The molecule has 1 rings (SSSR count). The van der Waals surface area contributed by atoms with Gasteiger partial charge in [0, 0.05) is 0 Å². The molecule has 0 saturated heterocycles. The van der Waals surface area contributed by atoms with Crippen LogP contribution in [-0.2, 0) is 9.59 Å². The van der Waals surface area contributed by atoms with E-state index in [-0.39, 0.29) is 0 Å².